The van der Waals surface area contributed by atoms with Gasteiger partial charge in [-0.2, -0.15) is 5.26 Å². The van der Waals surface area contributed by atoms with Gasteiger partial charge in [0.25, 0.3) is 0 Å². The molecule has 0 atom stereocenters. The molecule has 4 heteroatoms. The van der Waals surface area contributed by atoms with Gasteiger partial charge in [0.1, 0.15) is 6.07 Å². The van der Waals surface area contributed by atoms with E-state index in [1.807, 2.05) is 0 Å². The summed E-state index contributed by atoms with van der Waals surface area (Å²) in [4.78, 5) is 14.6. The predicted molar refractivity (Wildman–Crippen MR) is 68.3 cm³/mol. The van der Waals surface area contributed by atoms with Crippen molar-refractivity contribution in [2.45, 2.75) is 19.8 Å². The van der Waals surface area contributed by atoms with E-state index in [4.69, 9.17) is 0 Å². The Morgan fingerprint density at radius 3 is 2.89 bits per heavy atom. The summed E-state index contributed by atoms with van der Waals surface area (Å²) in [5.74, 6) is -0.373. The second-order valence-corrected chi connectivity index (χ2v) is 4.09. The summed E-state index contributed by atoms with van der Waals surface area (Å²) in [6, 6.07) is 7.41. The van der Waals surface area contributed by atoms with Crippen molar-refractivity contribution in [3.63, 3.8) is 0 Å². The molecule has 0 saturated carbocycles. The van der Waals surface area contributed by atoms with Crippen LogP contribution in [0.3, 0.4) is 0 Å². The summed E-state index contributed by atoms with van der Waals surface area (Å²) >= 11 is 0. The maximum absolute atomic E-state index is 11.4. The highest BCUT2D eigenvalue weighted by Gasteiger charge is 2.13. The Kier molecular flexibility index (Phi) is 3.33. The summed E-state index contributed by atoms with van der Waals surface area (Å²) in [5.41, 5.74) is 2.89. The lowest BCUT2D eigenvalue weighted by molar-refractivity contribution is 0.0601. The van der Waals surface area contributed by atoms with Crippen LogP contribution in [0.1, 0.15) is 35.0 Å². The topological polar surface area (TPSA) is 65.9 Å². The zero-order chi connectivity index (χ0) is 13.1. The number of aromatic amines is 1. The van der Waals surface area contributed by atoms with E-state index in [-0.39, 0.29) is 5.97 Å². The third-order valence-electron chi connectivity index (χ3n) is 2.91. The third-order valence-corrected chi connectivity index (χ3v) is 2.91. The van der Waals surface area contributed by atoms with E-state index in [0.29, 0.717) is 11.1 Å². The monoisotopic (exact) mass is 242 g/mol. The first-order chi connectivity index (χ1) is 8.71. The molecule has 0 unspecified atom stereocenters. The molecular formula is C14H14N2O2. The van der Waals surface area contributed by atoms with Gasteiger partial charge >= 0.3 is 5.97 Å². The van der Waals surface area contributed by atoms with Gasteiger partial charge in [-0.05, 0) is 18.6 Å². The number of hydrogen-bond donors (Lipinski definition) is 1. The predicted octanol–water partition coefficient (Wildman–Crippen LogP) is 2.78. The largest absolute Gasteiger partial charge is 0.465 e. The summed E-state index contributed by atoms with van der Waals surface area (Å²) < 4.78 is 4.68. The van der Waals surface area contributed by atoms with E-state index in [0.717, 1.165) is 29.4 Å². The number of aromatic nitrogens is 1. The lowest BCUT2D eigenvalue weighted by atomic mass is 10.1. The van der Waals surface area contributed by atoms with Crippen molar-refractivity contribution in [1.82, 2.24) is 4.98 Å². The molecule has 0 fully saturated rings. The molecule has 4 nitrogen and oxygen atoms in total. The SMILES string of the molecule is CCCc1[nH]c2cc(C(=O)OC)ccc2c1C#N. The van der Waals surface area contributed by atoms with Crippen molar-refractivity contribution in [2.75, 3.05) is 7.11 Å². The number of ether oxygens (including phenoxy) is 1. The minimum Gasteiger partial charge on any atom is -0.465 e. The van der Waals surface area contributed by atoms with Crippen LogP contribution in [0.5, 0.6) is 0 Å². The standard InChI is InChI=1S/C14H14N2O2/c1-3-4-12-11(8-15)10-6-5-9(14(17)18-2)7-13(10)16-12/h5-7,16H,3-4H2,1-2H3. The number of methoxy groups -OCH3 is 1. The molecule has 0 aliphatic carbocycles. The number of carbonyl (C=O) groups is 1. The number of esters is 1. The Morgan fingerprint density at radius 2 is 2.28 bits per heavy atom. The smallest absolute Gasteiger partial charge is 0.337 e. The lowest BCUT2D eigenvalue weighted by Gasteiger charge is -1.98. The van der Waals surface area contributed by atoms with Gasteiger partial charge in [0.05, 0.1) is 18.2 Å². The number of carbonyl (C=O) groups excluding carboxylic acids is 1. The van der Waals surface area contributed by atoms with Crippen molar-refractivity contribution in [2.24, 2.45) is 0 Å². The second-order valence-electron chi connectivity index (χ2n) is 4.09. The zero-order valence-electron chi connectivity index (χ0n) is 10.4. The van der Waals surface area contributed by atoms with Crippen LogP contribution < -0.4 is 0 Å². The Balaban J connectivity index is 2.59. The van der Waals surface area contributed by atoms with E-state index in [9.17, 15) is 10.1 Å². The van der Waals surface area contributed by atoms with Crippen molar-refractivity contribution in [3.05, 3.63) is 35.0 Å². The fourth-order valence-electron chi connectivity index (χ4n) is 2.06. The molecule has 92 valence electrons. The van der Waals surface area contributed by atoms with Crippen molar-refractivity contribution in [1.29, 1.82) is 5.26 Å². The fraction of sp³-hybridized carbons (Fsp3) is 0.286. The molecule has 0 saturated heterocycles. The quantitative estimate of drug-likeness (QED) is 0.841. The number of rotatable bonds is 3. The average Bonchev–Trinajstić information content (AvgIpc) is 2.74. The molecule has 0 spiro atoms. The highest BCUT2D eigenvalue weighted by Crippen LogP contribution is 2.24. The molecule has 0 aliphatic heterocycles. The maximum Gasteiger partial charge on any atom is 0.337 e. The van der Waals surface area contributed by atoms with Crippen LogP contribution in [-0.4, -0.2) is 18.1 Å². The van der Waals surface area contributed by atoms with E-state index in [2.05, 4.69) is 22.7 Å². The molecule has 1 N–H and O–H groups in total. The van der Waals surface area contributed by atoms with Crippen molar-refractivity contribution >= 4 is 16.9 Å². The van der Waals surface area contributed by atoms with Crippen LogP contribution in [-0.2, 0) is 11.2 Å². The zero-order valence-corrected chi connectivity index (χ0v) is 10.4. The van der Waals surface area contributed by atoms with Gasteiger partial charge in [0.15, 0.2) is 0 Å². The van der Waals surface area contributed by atoms with Crippen LogP contribution >= 0.6 is 0 Å². The van der Waals surface area contributed by atoms with Gasteiger partial charge in [-0.1, -0.05) is 19.4 Å². The van der Waals surface area contributed by atoms with Crippen LogP contribution in [0, 0.1) is 11.3 Å². The van der Waals surface area contributed by atoms with Crippen LogP contribution in [0.15, 0.2) is 18.2 Å². The molecule has 18 heavy (non-hydrogen) atoms. The van der Waals surface area contributed by atoms with Crippen LogP contribution in [0.25, 0.3) is 10.9 Å². The number of H-pyrrole nitrogens is 1. The molecule has 1 aromatic heterocycles. The molecule has 0 bridgehead atoms. The Hall–Kier alpha value is -2.28. The van der Waals surface area contributed by atoms with Crippen LogP contribution in [0.4, 0.5) is 0 Å². The van der Waals surface area contributed by atoms with Gasteiger partial charge in [0.2, 0.25) is 0 Å². The summed E-state index contributed by atoms with van der Waals surface area (Å²) in [5, 5.41) is 10.1. The van der Waals surface area contributed by atoms with E-state index >= 15 is 0 Å². The number of nitriles is 1. The maximum atomic E-state index is 11.4. The minimum atomic E-state index is -0.373. The number of nitrogens with zero attached hydrogens (tertiary/aromatic N) is 1. The first-order valence-corrected chi connectivity index (χ1v) is 5.84. The Morgan fingerprint density at radius 1 is 1.50 bits per heavy atom. The highest BCUT2D eigenvalue weighted by molar-refractivity contribution is 5.96. The van der Waals surface area contributed by atoms with Crippen molar-refractivity contribution < 1.29 is 9.53 Å². The third kappa shape index (κ3) is 1.95. The molecule has 2 aromatic rings. The Bertz CT molecular complexity index is 635. The molecule has 2 rings (SSSR count). The van der Waals surface area contributed by atoms with Gasteiger partial charge in [0, 0.05) is 16.6 Å². The molecule has 0 aliphatic rings. The lowest BCUT2D eigenvalue weighted by Crippen LogP contribution is -2.00. The second kappa shape index (κ2) is 4.92. The highest BCUT2D eigenvalue weighted by atomic mass is 16.5. The molecule has 0 amide bonds. The van der Waals surface area contributed by atoms with Gasteiger partial charge in [-0.3, -0.25) is 0 Å². The van der Waals surface area contributed by atoms with E-state index in [1.165, 1.54) is 7.11 Å². The molecule has 1 aromatic carbocycles. The average molecular weight is 242 g/mol. The molecular weight excluding hydrogens is 228 g/mol. The van der Waals surface area contributed by atoms with Gasteiger partial charge < -0.3 is 9.72 Å². The number of nitrogens with one attached hydrogen (secondary N) is 1. The first-order valence-electron chi connectivity index (χ1n) is 5.84. The van der Waals surface area contributed by atoms with Crippen molar-refractivity contribution in [3.8, 4) is 6.07 Å². The summed E-state index contributed by atoms with van der Waals surface area (Å²) in [7, 11) is 1.35. The minimum absolute atomic E-state index is 0.373. The number of fused-ring (bicyclic) bond motifs is 1. The summed E-state index contributed by atoms with van der Waals surface area (Å²) in [6.45, 7) is 2.06. The normalized spacial score (nSPS) is 10.3. The number of aryl methyl sites for hydroxylation is 1. The Labute approximate surface area is 105 Å². The van der Waals surface area contributed by atoms with E-state index in [1.54, 1.807) is 18.2 Å². The van der Waals surface area contributed by atoms with Gasteiger partial charge in [-0.25, -0.2) is 4.79 Å². The summed E-state index contributed by atoms with van der Waals surface area (Å²) in [6.07, 6.45) is 1.79. The molecule has 0 radical (unpaired) electrons. The van der Waals surface area contributed by atoms with Crippen LogP contribution in [0.2, 0.25) is 0 Å². The number of benzene rings is 1. The fourth-order valence-corrected chi connectivity index (χ4v) is 2.06. The molecule has 1 heterocycles. The van der Waals surface area contributed by atoms with Gasteiger partial charge in [-0.15, -0.1) is 0 Å². The van der Waals surface area contributed by atoms with E-state index < -0.39 is 0 Å². The first kappa shape index (κ1) is 12.2. The number of hydrogen-bond acceptors (Lipinski definition) is 3.